The minimum absolute atomic E-state index is 0.0991. The Morgan fingerprint density at radius 2 is 1.53 bits per heavy atom. The average Bonchev–Trinajstić information content (AvgIpc) is 3.11. The molecule has 4 rings (SSSR count). The molecule has 0 aliphatic carbocycles. The van der Waals surface area contributed by atoms with Crippen molar-refractivity contribution in [2.24, 2.45) is 0 Å². The molecule has 32 heavy (non-hydrogen) atoms. The van der Waals surface area contributed by atoms with Gasteiger partial charge in [0.1, 0.15) is 11.3 Å². The summed E-state index contributed by atoms with van der Waals surface area (Å²) in [6, 6.07) is 20.3. The zero-order valence-corrected chi connectivity index (χ0v) is 18.6. The van der Waals surface area contributed by atoms with Crippen LogP contribution in [-0.4, -0.2) is 17.8 Å². The maximum atomic E-state index is 13.2. The topological polar surface area (TPSA) is 68.5 Å². The minimum Gasteiger partial charge on any atom is -0.481 e. The van der Waals surface area contributed by atoms with Gasteiger partial charge in [-0.3, -0.25) is 9.59 Å². The lowest BCUT2D eigenvalue weighted by Gasteiger charge is -2.16. The summed E-state index contributed by atoms with van der Waals surface area (Å²) in [6.07, 6.45) is -0.771. The van der Waals surface area contributed by atoms with Crippen molar-refractivity contribution in [1.82, 2.24) is 0 Å². The number of rotatable bonds is 6. The van der Waals surface area contributed by atoms with Crippen molar-refractivity contribution in [3.8, 4) is 5.75 Å². The highest BCUT2D eigenvalue weighted by Gasteiger charge is 2.25. The molecule has 0 radical (unpaired) electrons. The van der Waals surface area contributed by atoms with E-state index in [1.165, 1.54) is 0 Å². The Labute approximate surface area is 187 Å². The van der Waals surface area contributed by atoms with Crippen molar-refractivity contribution in [2.45, 2.75) is 33.8 Å². The van der Waals surface area contributed by atoms with Crippen LogP contribution in [0.2, 0.25) is 0 Å². The van der Waals surface area contributed by atoms with Gasteiger partial charge in [0.05, 0.1) is 5.69 Å². The Kier molecular flexibility index (Phi) is 5.82. The van der Waals surface area contributed by atoms with Crippen LogP contribution < -0.4 is 10.1 Å². The summed E-state index contributed by atoms with van der Waals surface area (Å²) in [6.45, 7) is 7.59. The fourth-order valence-electron chi connectivity index (χ4n) is 3.65. The molecule has 162 valence electrons. The van der Waals surface area contributed by atoms with Crippen LogP contribution >= 0.6 is 0 Å². The lowest BCUT2D eigenvalue weighted by molar-refractivity contribution is -0.122. The molecule has 1 amide bonds. The lowest BCUT2D eigenvalue weighted by Crippen LogP contribution is -2.30. The molecule has 4 aromatic rings. The molecule has 0 aliphatic heterocycles. The standard InChI is InChI=1S/C27H25NO4/c1-16-9-11-20(12-10-16)25(29)26-24(22-7-5-6-8-23(22)32-26)28-27(30)19(4)31-21-14-17(2)13-18(3)15-21/h5-15,19H,1-4H3,(H,28,30)/t19-/m0/s1. The van der Waals surface area contributed by atoms with Crippen molar-refractivity contribution in [3.05, 3.63) is 94.7 Å². The number of furan rings is 1. The third-order valence-corrected chi connectivity index (χ3v) is 5.24. The predicted molar refractivity (Wildman–Crippen MR) is 125 cm³/mol. The van der Waals surface area contributed by atoms with Crippen LogP contribution in [0.3, 0.4) is 0 Å². The van der Waals surface area contributed by atoms with Gasteiger partial charge in [0, 0.05) is 10.9 Å². The van der Waals surface area contributed by atoms with E-state index in [0.717, 1.165) is 16.7 Å². The largest absolute Gasteiger partial charge is 0.481 e. The van der Waals surface area contributed by atoms with Gasteiger partial charge in [0.15, 0.2) is 11.9 Å². The molecule has 0 saturated heterocycles. The Hall–Kier alpha value is -3.86. The first-order chi connectivity index (χ1) is 15.3. The average molecular weight is 428 g/mol. The molecular weight excluding hydrogens is 402 g/mol. The van der Waals surface area contributed by atoms with Crippen LogP contribution in [0.1, 0.15) is 39.7 Å². The van der Waals surface area contributed by atoms with Gasteiger partial charge in [-0.25, -0.2) is 0 Å². The second-order valence-corrected chi connectivity index (χ2v) is 8.07. The summed E-state index contributed by atoms with van der Waals surface area (Å²) in [5, 5.41) is 3.53. The van der Waals surface area contributed by atoms with Crippen LogP contribution in [0.25, 0.3) is 11.0 Å². The number of benzene rings is 3. The zero-order chi connectivity index (χ0) is 22.8. The first-order valence-electron chi connectivity index (χ1n) is 10.5. The number of hydrogen-bond acceptors (Lipinski definition) is 4. The van der Waals surface area contributed by atoms with Crippen LogP contribution in [0.5, 0.6) is 5.75 Å². The molecule has 1 N–H and O–H groups in total. The molecule has 1 aromatic heterocycles. The summed E-state index contributed by atoms with van der Waals surface area (Å²) in [5.41, 5.74) is 4.54. The fourth-order valence-corrected chi connectivity index (χ4v) is 3.65. The van der Waals surface area contributed by atoms with Crippen molar-refractivity contribution in [1.29, 1.82) is 0 Å². The fraction of sp³-hybridized carbons (Fsp3) is 0.185. The van der Waals surface area contributed by atoms with E-state index >= 15 is 0 Å². The van der Waals surface area contributed by atoms with E-state index in [2.05, 4.69) is 5.32 Å². The van der Waals surface area contributed by atoms with Gasteiger partial charge in [-0.15, -0.1) is 0 Å². The molecule has 5 heteroatoms. The Morgan fingerprint density at radius 3 is 2.22 bits per heavy atom. The molecule has 5 nitrogen and oxygen atoms in total. The molecule has 0 saturated carbocycles. The van der Waals surface area contributed by atoms with E-state index < -0.39 is 6.10 Å². The van der Waals surface area contributed by atoms with E-state index in [-0.39, 0.29) is 17.5 Å². The van der Waals surface area contributed by atoms with Crippen molar-refractivity contribution < 1.29 is 18.7 Å². The van der Waals surface area contributed by atoms with Crippen LogP contribution in [0, 0.1) is 20.8 Å². The summed E-state index contributed by atoms with van der Waals surface area (Å²) >= 11 is 0. The van der Waals surface area contributed by atoms with Crippen LogP contribution in [0.15, 0.2) is 71.1 Å². The number of fused-ring (bicyclic) bond motifs is 1. The Balaban J connectivity index is 1.64. The molecule has 0 fully saturated rings. The van der Waals surface area contributed by atoms with Crippen molar-refractivity contribution in [3.63, 3.8) is 0 Å². The number of ether oxygens (including phenoxy) is 1. The van der Waals surface area contributed by atoms with Gasteiger partial charge in [-0.05, 0) is 63.1 Å². The summed E-state index contributed by atoms with van der Waals surface area (Å²) < 4.78 is 11.7. The number of ketones is 1. The number of carbonyl (C=O) groups excluding carboxylic acids is 2. The van der Waals surface area contributed by atoms with E-state index in [1.807, 2.05) is 69.3 Å². The summed E-state index contributed by atoms with van der Waals surface area (Å²) in [4.78, 5) is 26.2. The van der Waals surface area contributed by atoms with E-state index in [4.69, 9.17) is 9.15 Å². The van der Waals surface area contributed by atoms with Gasteiger partial charge in [-0.1, -0.05) is 48.0 Å². The first kappa shape index (κ1) is 21.4. The normalized spacial score (nSPS) is 11.9. The maximum Gasteiger partial charge on any atom is 0.265 e. The van der Waals surface area contributed by atoms with Gasteiger partial charge < -0.3 is 14.5 Å². The Bertz CT molecular complexity index is 1280. The number of nitrogens with one attached hydrogen (secondary N) is 1. The number of para-hydroxylation sites is 1. The first-order valence-corrected chi connectivity index (χ1v) is 10.5. The van der Waals surface area contributed by atoms with E-state index in [0.29, 0.717) is 28.0 Å². The maximum absolute atomic E-state index is 13.2. The van der Waals surface area contributed by atoms with Gasteiger partial charge in [0.2, 0.25) is 5.78 Å². The number of carbonyl (C=O) groups is 2. The van der Waals surface area contributed by atoms with E-state index in [9.17, 15) is 9.59 Å². The molecule has 0 bridgehead atoms. The van der Waals surface area contributed by atoms with Crippen LogP contribution in [-0.2, 0) is 4.79 Å². The van der Waals surface area contributed by atoms with Gasteiger partial charge in [0.25, 0.3) is 5.91 Å². The van der Waals surface area contributed by atoms with Gasteiger partial charge >= 0.3 is 0 Å². The molecule has 1 atom stereocenters. The number of hydrogen-bond donors (Lipinski definition) is 1. The monoisotopic (exact) mass is 427 g/mol. The number of amides is 1. The summed E-state index contributed by atoms with van der Waals surface area (Å²) in [5.74, 6) is 0.0632. The highest BCUT2D eigenvalue weighted by atomic mass is 16.5. The highest BCUT2D eigenvalue weighted by molar-refractivity contribution is 6.17. The van der Waals surface area contributed by atoms with Crippen molar-refractivity contribution in [2.75, 3.05) is 5.32 Å². The minimum atomic E-state index is -0.771. The predicted octanol–water partition coefficient (Wildman–Crippen LogP) is 6.00. The third-order valence-electron chi connectivity index (χ3n) is 5.24. The zero-order valence-electron chi connectivity index (χ0n) is 18.6. The van der Waals surface area contributed by atoms with Crippen molar-refractivity contribution >= 4 is 28.3 Å². The smallest absolute Gasteiger partial charge is 0.265 e. The molecular formula is C27H25NO4. The molecule has 0 aliphatic rings. The molecule has 0 unspecified atom stereocenters. The SMILES string of the molecule is Cc1ccc(C(=O)c2oc3ccccc3c2NC(=O)[C@H](C)Oc2cc(C)cc(C)c2)cc1. The summed E-state index contributed by atoms with van der Waals surface area (Å²) in [7, 11) is 0. The second kappa shape index (κ2) is 8.71. The molecule has 3 aromatic carbocycles. The Morgan fingerprint density at radius 1 is 0.875 bits per heavy atom. The number of aryl methyl sites for hydroxylation is 3. The van der Waals surface area contributed by atoms with E-state index in [1.54, 1.807) is 25.1 Å². The molecule has 0 spiro atoms. The highest BCUT2D eigenvalue weighted by Crippen LogP contribution is 2.33. The lowest BCUT2D eigenvalue weighted by atomic mass is 10.1. The van der Waals surface area contributed by atoms with Crippen LogP contribution in [0.4, 0.5) is 5.69 Å². The number of anilines is 1. The quantitative estimate of drug-likeness (QED) is 0.384. The second-order valence-electron chi connectivity index (χ2n) is 8.07. The molecule has 1 heterocycles. The third kappa shape index (κ3) is 4.42. The van der Waals surface area contributed by atoms with Gasteiger partial charge in [-0.2, -0.15) is 0 Å².